The molecule has 1 saturated heterocycles. The lowest BCUT2D eigenvalue weighted by Crippen LogP contribution is -2.41. The van der Waals surface area contributed by atoms with Gasteiger partial charge < -0.3 is 4.90 Å². The first-order valence-electron chi connectivity index (χ1n) is 8.55. The summed E-state index contributed by atoms with van der Waals surface area (Å²) in [5.41, 5.74) is -0.243. The van der Waals surface area contributed by atoms with Crippen LogP contribution in [-0.4, -0.2) is 29.7 Å². The first-order valence-corrected chi connectivity index (χ1v) is 8.92. The molecule has 26 heavy (non-hydrogen) atoms. The number of rotatable bonds is 2. The summed E-state index contributed by atoms with van der Waals surface area (Å²) in [6, 6.07) is 6.11. The summed E-state index contributed by atoms with van der Waals surface area (Å²) < 4.78 is 13.5. The number of nitrogens with zero attached hydrogens (tertiary/aromatic N) is 2. The van der Waals surface area contributed by atoms with Gasteiger partial charge in [0, 0.05) is 28.9 Å². The molecule has 1 spiro atoms. The average Bonchev–Trinajstić information content (AvgIpc) is 2.93. The topological polar surface area (TPSA) is 61.2 Å². The fraction of sp³-hybridized carbons (Fsp3) is 0.450. The lowest BCUT2D eigenvalue weighted by molar-refractivity contribution is -0.129. The Labute approximate surface area is 157 Å². The van der Waals surface area contributed by atoms with E-state index < -0.39 is 11.2 Å². The van der Waals surface area contributed by atoms with E-state index >= 15 is 0 Å². The summed E-state index contributed by atoms with van der Waals surface area (Å²) in [5.74, 6) is -0.706. The van der Waals surface area contributed by atoms with Gasteiger partial charge in [0.25, 0.3) is 0 Å². The van der Waals surface area contributed by atoms with Crippen LogP contribution in [0.15, 0.2) is 29.8 Å². The van der Waals surface area contributed by atoms with E-state index in [0.717, 1.165) is 0 Å². The molecule has 1 aromatic carbocycles. The van der Waals surface area contributed by atoms with Crippen molar-refractivity contribution in [1.82, 2.24) is 4.90 Å². The maximum absolute atomic E-state index is 13.5. The Balaban J connectivity index is 1.77. The number of amides is 1. The van der Waals surface area contributed by atoms with E-state index in [4.69, 9.17) is 11.6 Å². The zero-order valence-electron chi connectivity index (χ0n) is 14.8. The zero-order valence-corrected chi connectivity index (χ0v) is 15.6. The van der Waals surface area contributed by atoms with Crippen LogP contribution in [0.1, 0.15) is 32.3 Å². The number of allylic oxidation sites excluding steroid dienone is 1. The van der Waals surface area contributed by atoms with Gasteiger partial charge in [-0.05, 0) is 36.6 Å². The average molecular weight is 375 g/mol. The van der Waals surface area contributed by atoms with Gasteiger partial charge in [-0.1, -0.05) is 31.5 Å². The molecule has 4 nitrogen and oxygen atoms in total. The summed E-state index contributed by atoms with van der Waals surface area (Å²) in [4.78, 5) is 26.7. The number of nitriles is 1. The molecule has 1 unspecified atom stereocenters. The monoisotopic (exact) mass is 374 g/mol. The molecule has 0 bridgehead atoms. The van der Waals surface area contributed by atoms with Crippen LogP contribution >= 0.6 is 11.6 Å². The van der Waals surface area contributed by atoms with Crippen LogP contribution in [0.5, 0.6) is 0 Å². The molecule has 0 aromatic heterocycles. The Kier molecular flexibility index (Phi) is 4.66. The molecule has 1 aromatic rings. The number of hydrogen-bond donors (Lipinski definition) is 0. The molecule has 1 aliphatic carbocycles. The number of likely N-dealkylation sites (tertiary alicyclic amines) is 1. The van der Waals surface area contributed by atoms with E-state index in [0.29, 0.717) is 31.5 Å². The molecule has 0 N–H and O–H groups in total. The molecule has 1 amide bonds. The van der Waals surface area contributed by atoms with Crippen molar-refractivity contribution in [2.45, 2.75) is 33.1 Å². The largest absolute Gasteiger partial charge is 0.342 e. The predicted octanol–water partition coefficient (Wildman–Crippen LogP) is 3.69. The predicted molar refractivity (Wildman–Crippen MR) is 95.8 cm³/mol. The summed E-state index contributed by atoms with van der Waals surface area (Å²) >= 11 is 5.85. The third-order valence-corrected chi connectivity index (χ3v) is 5.46. The number of halogens is 2. The molecule has 1 atom stereocenters. The quantitative estimate of drug-likeness (QED) is 0.793. The van der Waals surface area contributed by atoms with Gasteiger partial charge in [-0.3, -0.25) is 9.59 Å². The molecule has 0 radical (unpaired) electrons. The van der Waals surface area contributed by atoms with Crippen molar-refractivity contribution < 1.29 is 14.0 Å². The Morgan fingerprint density at radius 3 is 2.77 bits per heavy atom. The molecule has 0 saturated carbocycles. The third kappa shape index (κ3) is 3.52. The van der Waals surface area contributed by atoms with Gasteiger partial charge in [-0.15, -0.1) is 0 Å². The molecular weight excluding hydrogens is 355 g/mol. The van der Waals surface area contributed by atoms with Crippen molar-refractivity contribution in [3.05, 3.63) is 46.3 Å². The highest BCUT2D eigenvalue weighted by molar-refractivity contribution is 6.30. The minimum atomic E-state index is -0.616. The maximum atomic E-state index is 13.5. The Hall–Kier alpha value is -2.19. The molecule has 1 heterocycles. The van der Waals surface area contributed by atoms with Gasteiger partial charge in [0.2, 0.25) is 5.91 Å². The molecular formula is C20H20ClFN2O2. The van der Waals surface area contributed by atoms with Crippen molar-refractivity contribution in [2.24, 2.45) is 10.8 Å². The lowest BCUT2D eigenvalue weighted by Gasteiger charge is -2.38. The minimum absolute atomic E-state index is 0.0741. The normalized spacial score (nSPS) is 24.5. The Morgan fingerprint density at radius 2 is 2.12 bits per heavy atom. The summed E-state index contributed by atoms with van der Waals surface area (Å²) in [5, 5.41) is 9.56. The standard InChI is InChI=1S/C20H20ClFN2O2/c1-19(2)11-20(9-14(10-23)18(19)26)3-4-24(12-20)17(25)7-13-5-15(21)8-16(22)6-13/h5-6,8-9H,3-4,7,11-12H2,1-2H3. The van der Waals surface area contributed by atoms with Crippen LogP contribution in [0.3, 0.4) is 0 Å². The van der Waals surface area contributed by atoms with Crippen molar-refractivity contribution in [3.8, 4) is 6.07 Å². The van der Waals surface area contributed by atoms with Crippen LogP contribution in [0.2, 0.25) is 5.02 Å². The summed E-state index contributed by atoms with van der Waals surface area (Å²) in [6.07, 6.45) is 3.15. The van der Waals surface area contributed by atoms with Gasteiger partial charge in [0.05, 0.1) is 12.0 Å². The van der Waals surface area contributed by atoms with E-state index in [1.165, 1.54) is 12.1 Å². The third-order valence-electron chi connectivity index (χ3n) is 5.24. The maximum Gasteiger partial charge on any atom is 0.227 e. The molecule has 6 heteroatoms. The highest BCUT2D eigenvalue weighted by atomic mass is 35.5. The van der Waals surface area contributed by atoms with Crippen LogP contribution in [0.4, 0.5) is 4.39 Å². The van der Waals surface area contributed by atoms with E-state index in [-0.39, 0.29) is 34.1 Å². The zero-order chi connectivity index (χ0) is 19.1. The molecule has 2 aliphatic rings. The Bertz CT molecular complexity index is 836. The number of carbonyl (C=O) groups excluding carboxylic acids is 2. The Morgan fingerprint density at radius 1 is 1.38 bits per heavy atom. The number of ketones is 1. The van der Waals surface area contributed by atoms with Crippen molar-refractivity contribution >= 4 is 23.3 Å². The number of hydrogen-bond acceptors (Lipinski definition) is 3. The van der Waals surface area contributed by atoms with Crippen LogP contribution in [-0.2, 0) is 16.0 Å². The van der Waals surface area contributed by atoms with Crippen LogP contribution < -0.4 is 0 Å². The van der Waals surface area contributed by atoms with Gasteiger partial charge in [0.1, 0.15) is 11.9 Å². The fourth-order valence-corrected chi connectivity index (χ4v) is 4.45. The number of benzene rings is 1. The van der Waals surface area contributed by atoms with E-state index in [1.54, 1.807) is 17.0 Å². The first kappa shape index (κ1) is 18.6. The van der Waals surface area contributed by atoms with E-state index in [1.807, 2.05) is 19.9 Å². The summed E-state index contributed by atoms with van der Waals surface area (Å²) in [6.45, 7) is 4.72. The number of Topliss-reactive ketones (excluding diaryl/α,β-unsaturated/α-hetero) is 1. The van der Waals surface area contributed by atoms with E-state index in [2.05, 4.69) is 0 Å². The minimum Gasteiger partial charge on any atom is -0.342 e. The highest BCUT2D eigenvalue weighted by Crippen LogP contribution is 2.47. The van der Waals surface area contributed by atoms with Gasteiger partial charge in [-0.2, -0.15) is 5.26 Å². The van der Waals surface area contributed by atoms with Crippen molar-refractivity contribution in [1.29, 1.82) is 5.26 Å². The molecule has 3 rings (SSSR count). The second kappa shape index (κ2) is 6.51. The second-order valence-electron chi connectivity index (χ2n) is 7.94. The number of carbonyl (C=O) groups is 2. The van der Waals surface area contributed by atoms with Gasteiger partial charge in [-0.25, -0.2) is 4.39 Å². The fourth-order valence-electron chi connectivity index (χ4n) is 4.20. The van der Waals surface area contributed by atoms with Crippen LogP contribution in [0, 0.1) is 28.0 Å². The molecule has 1 fully saturated rings. The molecule has 1 aliphatic heterocycles. The second-order valence-corrected chi connectivity index (χ2v) is 8.38. The summed E-state index contributed by atoms with van der Waals surface area (Å²) in [7, 11) is 0. The highest BCUT2D eigenvalue weighted by Gasteiger charge is 2.48. The first-order chi connectivity index (χ1) is 12.1. The molecule has 136 valence electrons. The van der Waals surface area contributed by atoms with E-state index in [9.17, 15) is 19.2 Å². The van der Waals surface area contributed by atoms with Crippen molar-refractivity contribution in [2.75, 3.05) is 13.1 Å². The smallest absolute Gasteiger partial charge is 0.227 e. The lowest BCUT2D eigenvalue weighted by atomic mass is 9.64. The van der Waals surface area contributed by atoms with Crippen molar-refractivity contribution in [3.63, 3.8) is 0 Å². The van der Waals surface area contributed by atoms with Crippen LogP contribution in [0.25, 0.3) is 0 Å². The van der Waals surface area contributed by atoms with Gasteiger partial charge in [0.15, 0.2) is 5.78 Å². The SMILES string of the molecule is CC1(C)CC2(C=C(C#N)C1=O)CCN(C(=O)Cc1cc(F)cc(Cl)c1)C2. The van der Waals surface area contributed by atoms with Gasteiger partial charge >= 0.3 is 0 Å².